The summed E-state index contributed by atoms with van der Waals surface area (Å²) < 4.78 is 11.2. The number of carbonyl (C=O) groups excluding carboxylic acids is 1. The summed E-state index contributed by atoms with van der Waals surface area (Å²) in [6, 6.07) is 5.67. The Labute approximate surface area is 122 Å². The van der Waals surface area contributed by atoms with Crippen molar-refractivity contribution in [2.75, 3.05) is 13.7 Å². The van der Waals surface area contributed by atoms with Gasteiger partial charge in [0.2, 0.25) is 0 Å². The molecule has 0 saturated carbocycles. The van der Waals surface area contributed by atoms with Crippen molar-refractivity contribution < 1.29 is 14.3 Å². The van der Waals surface area contributed by atoms with Gasteiger partial charge in [0.25, 0.3) is 0 Å². The summed E-state index contributed by atoms with van der Waals surface area (Å²) in [5.41, 5.74) is 1.10. The van der Waals surface area contributed by atoms with Crippen molar-refractivity contribution in [3.63, 3.8) is 0 Å². The van der Waals surface area contributed by atoms with E-state index < -0.39 is 6.10 Å². The zero-order valence-corrected chi connectivity index (χ0v) is 13.1. The molecule has 0 bridgehead atoms. The number of carbonyl (C=O) groups is 1. The molecule has 0 radical (unpaired) electrons. The molecule has 4 nitrogen and oxygen atoms in total. The second-order valence-electron chi connectivity index (χ2n) is 4.21. The van der Waals surface area contributed by atoms with Crippen molar-refractivity contribution in [2.45, 2.75) is 32.9 Å². The van der Waals surface area contributed by atoms with Crippen molar-refractivity contribution in [2.24, 2.45) is 0 Å². The number of methoxy groups -OCH3 is 1. The van der Waals surface area contributed by atoms with Gasteiger partial charge in [0, 0.05) is 11.0 Å². The fourth-order valence-corrected chi connectivity index (χ4v) is 1.96. The molecule has 0 aromatic heterocycles. The average Bonchev–Trinajstić information content (AvgIpc) is 2.41. The van der Waals surface area contributed by atoms with Crippen LogP contribution in [0.3, 0.4) is 0 Å². The van der Waals surface area contributed by atoms with Crippen LogP contribution in [0.2, 0.25) is 0 Å². The minimum absolute atomic E-state index is 0.381. The maximum absolute atomic E-state index is 11.3. The first-order valence-corrected chi connectivity index (χ1v) is 7.11. The van der Waals surface area contributed by atoms with E-state index in [-0.39, 0.29) is 5.97 Å². The average molecular weight is 330 g/mol. The molecule has 19 heavy (non-hydrogen) atoms. The Kier molecular flexibility index (Phi) is 6.87. The molecule has 0 saturated heterocycles. The summed E-state index contributed by atoms with van der Waals surface area (Å²) in [7, 11) is 1.35. The minimum atomic E-state index is -0.609. The third-order valence-corrected chi connectivity index (χ3v) is 3.38. The van der Waals surface area contributed by atoms with Crippen molar-refractivity contribution in [1.82, 2.24) is 5.32 Å². The van der Waals surface area contributed by atoms with Gasteiger partial charge in [-0.25, -0.2) is 4.79 Å². The van der Waals surface area contributed by atoms with Gasteiger partial charge < -0.3 is 14.8 Å². The number of hydrogen-bond donors (Lipinski definition) is 1. The van der Waals surface area contributed by atoms with Crippen LogP contribution in [0.4, 0.5) is 0 Å². The number of benzene rings is 1. The first-order chi connectivity index (χ1) is 9.08. The van der Waals surface area contributed by atoms with E-state index >= 15 is 0 Å². The van der Waals surface area contributed by atoms with E-state index in [9.17, 15) is 4.79 Å². The van der Waals surface area contributed by atoms with Crippen molar-refractivity contribution >= 4 is 21.9 Å². The standard InChI is InChI=1S/C14H20BrNO3/c1-4-7-16-9-11-8-12(5-6-13(11)15)19-10(2)14(17)18-3/h5-6,8,10,16H,4,7,9H2,1-3H3. The molecule has 1 N–H and O–H groups in total. The van der Waals surface area contributed by atoms with Gasteiger partial charge >= 0.3 is 5.97 Å². The smallest absolute Gasteiger partial charge is 0.346 e. The number of halogens is 1. The maximum atomic E-state index is 11.3. The lowest BCUT2D eigenvalue weighted by atomic mass is 10.2. The summed E-state index contributed by atoms with van der Waals surface area (Å²) in [5.74, 6) is 0.281. The Morgan fingerprint density at radius 2 is 2.21 bits per heavy atom. The van der Waals surface area contributed by atoms with Crippen LogP contribution in [-0.2, 0) is 16.1 Å². The van der Waals surface area contributed by atoms with Gasteiger partial charge in [-0.05, 0) is 43.7 Å². The largest absolute Gasteiger partial charge is 0.479 e. The van der Waals surface area contributed by atoms with E-state index in [0.29, 0.717) is 5.75 Å². The molecule has 0 aliphatic rings. The molecule has 1 aromatic carbocycles. The Bertz CT molecular complexity index is 423. The first-order valence-electron chi connectivity index (χ1n) is 6.32. The Hall–Kier alpha value is -1.07. The fraction of sp³-hybridized carbons (Fsp3) is 0.500. The Morgan fingerprint density at radius 3 is 2.84 bits per heavy atom. The molecule has 5 heteroatoms. The molecule has 1 rings (SSSR count). The van der Waals surface area contributed by atoms with Gasteiger partial charge in [-0.3, -0.25) is 0 Å². The summed E-state index contributed by atoms with van der Waals surface area (Å²) in [6.07, 6.45) is 0.482. The normalized spacial score (nSPS) is 12.0. The van der Waals surface area contributed by atoms with Crippen LogP contribution in [-0.4, -0.2) is 25.7 Å². The monoisotopic (exact) mass is 329 g/mol. The molecule has 1 unspecified atom stereocenters. The molecule has 106 valence electrons. The summed E-state index contributed by atoms with van der Waals surface area (Å²) >= 11 is 3.50. The molecule has 0 aliphatic carbocycles. The van der Waals surface area contributed by atoms with Gasteiger partial charge in [-0.15, -0.1) is 0 Å². The summed E-state index contributed by atoms with van der Waals surface area (Å²) in [4.78, 5) is 11.3. The Balaban J connectivity index is 2.69. The van der Waals surface area contributed by atoms with Crippen LogP contribution in [0, 0.1) is 0 Å². The van der Waals surface area contributed by atoms with Crippen LogP contribution in [0.5, 0.6) is 5.75 Å². The van der Waals surface area contributed by atoms with Crippen LogP contribution in [0.25, 0.3) is 0 Å². The van der Waals surface area contributed by atoms with Crippen molar-refractivity contribution in [3.8, 4) is 5.75 Å². The molecule has 0 aliphatic heterocycles. The second-order valence-corrected chi connectivity index (χ2v) is 5.07. The topological polar surface area (TPSA) is 47.6 Å². The molecular formula is C14H20BrNO3. The lowest BCUT2D eigenvalue weighted by molar-refractivity contribution is -0.147. The highest BCUT2D eigenvalue weighted by molar-refractivity contribution is 9.10. The zero-order valence-electron chi connectivity index (χ0n) is 11.5. The van der Waals surface area contributed by atoms with Crippen LogP contribution < -0.4 is 10.1 Å². The lowest BCUT2D eigenvalue weighted by Crippen LogP contribution is -2.25. The fourth-order valence-electron chi connectivity index (χ4n) is 1.58. The lowest BCUT2D eigenvalue weighted by Gasteiger charge is -2.14. The predicted octanol–water partition coefficient (Wildman–Crippen LogP) is 2.89. The van der Waals surface area contributed by atoms with E-state index in [2.05, 4.69) is 32.9 Å². The minimum Gasteiger partial charge on any atom is -0.479 e. The van der Waals surface area contributed by atoms with Crippen molar-refractivity contribution in [3.05, 3.63) is 28.2 Å². The van der Waals surface area contributed by atoms with E-state index in [0.717, 1.165) is 29.5 Å². The molecule has 0 fully saturated rings. The quantitative estimate of drug-likeness (QED) is 0.617. The Morgan fingerprint density at radius 1 is 1.47 bits per heavy atom. The van der Waals surface area contributed by atoms with E-state index in [1.807, 2.05) is 18.2 Å². The summed E-state index contributed by atoms with van der Waals surface area (Å²) in [6.45, 7) is 5.52. The SMILES string of the molecule is CCCNCc1cc(OC(C)C(=O)OC)ccc1Br. The number of hydrogen-bond acceptors (Lipinski definition) is 4. The van der Waals surface area contributed by atoms with Gasteiger partial charge in [0.1, 0.15) is 5.75 Å². The summed E-state index contributed by atoms with van der Waals surface area (Å²) in [5, 5.41) is 3.33. The highest BCUT2D eigenvalue weighted by atomic mass is 79.9. The predicted molar refractivity (Wildman–Crippen MR) is 78.2 cm³/mol. The molecule has 1 aromatic rings. The maximum Gasteiger partial charge on any atom is 0.346 e. The molecule has 0 heterocycles. The highest BCUT2D eigenvalue weighted by Gasteiger charge is 2.15. The van der Waals surface area contributed by atoms with Gasteiger partial charge in [-0.2, -0.15) is 0 Å². The molecule has 0 spiro atoms. The van der Waals surface area contributed by atoms with Crippen LogP contribution in [0.15, 0.2) is 22.7 Å². The number of nitrogens with one attached hydrogen (secondary N) is 1. The number of esters is 1. The molecule has 1 atom stereocenters. The number of rotatable bonds is 7. The van der Waals surface area contributed by atoms with Crippen LogP contribution in [0.1, 0.15) is 25.8 Å². The zero-order chi connectivity index (χ0) is 14.3. The van der Waals surface area contributed by atoms with E-state index in [1.165, 1.54) is 7.11 Å². The van der Waals surface area contributed by atoms with E-state index in [1.54, 1.807) is 6.92 Å². The van der Waals surface area contributed by atoms with Gasteiger partial charge in [0.05, 0.1) is 7.11 Å². The first kappa shape index (κ1) is 16.0. The van der Waals surface area contributed by atoms with Crippen molar-refractivity contribution in [1.29, 1.82) is 0 Å². The van der Waals surface area contributed by atoms with Gasteiger partial charge in [-0.1, -0.05) is 22.9 Å². The van der Waals surface area contributed by atoms with E-state index in [4.69, 9.17) is 4.74 Å². The highest BCUT2D eigenvalue weighted by Crippen LogP contribution is 2.23. The van der Waals surface area contributed by atoms with Gasteiger partial charge in [0.15, 0.2) is 6.10 Å². The third kappa shape index (κ3) is 5.20. The third-order valence-electron chi connectivity index (χ3n) is 2.61. The second kappa shape index (κ2) is 8.17. The molecular weight excluding hydrogens is 310 g/mol. The number of ether oxygens (including phenoxy) is 2. The van der Waals surface area contributed by atoms with Crippen LogP contribution >= 0.6 is 15.9 Å². The molecule has 0 amide bonds.